The lowest BCUT2D eigenvalue weighted by Gasteiger charge is -1.93. The van der Waals surface area contributed by atoms with Gasteiger partial charge in [-0.2, -0.15) is 0 Å². The van der Waals surface area contributed by atoms with Crippen molar-refractivity contribution < 1.29 is 9.50 Å². The highest BCUT2D eigenvalue weighted by atomic mass is 35.5. The maximum Gasteiger partial charge on any atom is 0.166 e. The van der Waals surface area contributed by atoms with Gasteiger partial charge in [0.15, 0.2) is 11.6 Å². The Labute approximate surface area is 63.9 Å². The molecule has 1 aromatic carbocycles. The Kier molecular flexibility index (Phi) is 2.96. The van der Waals surface area contributed by atoms with Crippen LogP contribution >= 0.6 is 12.4 Å². The van der Waals surface area contributed by atoms with Crippen molar-refractivity contribution >= 4 is 18.1 Å². The second-order valence-corrected chi connectivity index (χ2v) is 1.71. The van der Waals surface area contributed by atoms with E-state index in [1.54, 1.807) is 0 Å². The van der Waals surface area contributed by atoms with Crippen LogP contribution in [0.25, 0.3) is 0 Å². The molecule has 0 heterocycles. The number of hydrogen-bond donors (Lipinski definition) is 2. The van der Waals surface area contributed by atoms with Gasteiger partial charge in [0.05, 0.1) is 0 Å². The third kappa shape index (κ3) is 1.77. The van der Waals surface area contributed by atoms with Gasteiger partial charge in [0.1, 0.15) is 0 Å². The molecule has 0 unspecified atom stereocenters. The fraction of sp³-hybridized carbons (Fsp3) is 0. The molecule has 0 bridgehead atoms. The minimum absolute atomic E-state index is 0. The molecular formula is C6H7ClFNO. The highest BCUT2D eigenvalue weighted by Gasteiger charge is 1.96. The molecular weight excluding hydrogens is 157 g/mol. The van der Waals surface area contributed by atoms with E-state index in [2.05, 4.69) is 0 Å². The first-order chi connectivity index (χ1) is 4.20. The quantitative estimate of drug-likeness (QED) is 0.450. The molecule has 4 heteroatoms. The maximum atomic E-state index is 12.2. The van der Waals surface area contributed by atoms with Crippen molar-refractivity contribution in [1.29, 1.82) is 0 Å². The van der Waals surface area contributed by atoms with Crippen LogP contribution < -0.4 is 5.73 Å². The SMILES string of the molecule is Cl.Nc1ccc(O)c(F)c1. The lowest BCUT2D eigenvalue weighted by molar-refractivity contribution is 0.432. The highest BCUT2D eigenvalue weighted by molar-refractivity contribution is 5.85. The van der Waals surface area contributed by atoms with Crippen molar-refractivity contribution in [1.82, 2.24) is 0 Å². The fourth-order valence-electron chi connectivity index (χ4n) is 0.523. The predicted octanol–water partition coefficient (Wildman–Crippen LogP) is 1.54. The number of aromatic hydroxyl groups is 1. The molecule has 0 aliphatic heterocycles. The van der Waals surface area contributed by atoms with Crippen LogP contribution in [0.4, 0.5) is 10.1 Å². The summed E-state index contributed by atoms with van der Waals surface area (Å²) in [5.41, 5.74) is 5.49. The van der Waals surface area contributed by atoms with Crippen molar-refractivity contribution in [3.05, 3.63) is 24.0 Å². The minimum atomic E-state index is -0.685. The normalized spacial score (nSPS) is 8.50. The maximum absolute atomic E-state index is 12.2. The van der Waals surface area contributed by atoms with Crippen LogP contribution in [0.1, 0.15) is 0 Å². The summed E-state index contributed by atoms with van der Waals surface area (Å²) in [6.45, 7) is 0. The standard InChI is InChI=1S/C6H6FNO.ClH/c7-5-3-4(8)1-2-6(5)9;/h1-3,9H,8H2;1H. The van der Waals surface area contributed by atoms with Crippen LogP contribution in [0, 0.1) is 5.82 Å². The van der Waals surface area contributed by atoms with Gasteiger partial charge >= 0.3 is 0 Å². The zero-order valence-corrected chi connectivity index (χ0v) is 5.86. The molecule has 0 aliphatic carbocycles. The van der Waals surface area contributed by atoms with E-state index < -0.39 is 5.82 Å². The Hall–Kier alpha value is -0.960. The van der Waals surface area contributed by atoms with Gasteiger partial charge in [0.2, 0.25) is 0 Å². The average molecular weight is 164 g/mol. The van der Waals surface area contributed by atoms with Crippen LogP contribution in [0.3, 0.4) is 0 Å². The lowest BCUT2D eigenvalue weighted by Crippen LogP contribution is -1.84. The Bertz CT molecular complexity index is 229. The number of phenolic OH excluding ortho intramolecular Hbond substituents is 1. The predicted molar refractivity (Wildman–Crippen MR) is 39.7 cm³/mol. The Morgan fingerprint density at radius 1 is 1.40 bits per heavy atom. The van der Waals surface area contributed by atoms with Gasteiger partial charge in [0.25, 0.3) is 0 Å². The zero-order chi connectivity index (χ0) is 6.85. The van der Waals surface area contributed by atoms with E-state index in [1.165, 1.54) is 12.1 Å². The summed E-state index contributed by atoms with van der Waals surface area (Å²) >= 11 is 0. The average Bonchev–Trinajstić information content (AvgIpc) is 1.80. The number of benzene rings is 1. The third-order valence-electron chi connectivity index (χ3n) is 0.972. The topological polar surface area (TPSA) is 46.2 Å². The first-order valence-corrected chi connectivity index (χ1v) is 2.44. The molecule has 0 radical (unpaired) electrons. The van der Waals surface area contributed by atoms with E-state index in [4.69, 9.17) is 10.8 Å². The van der Waals surface area contributed by atoms with Gasteiger partial charge in [-0.15, -0.1) is 12.4 Å². The molecule has 0 fully saturated rings. The van der Waals surface area contributed by atoms with Gasteiger partial charge in [-0.3, -0.25) is 0 Å². The summed E-state index contributed by atoms with van der Waals surface area (Å²) in [7, 11) is 0. The van der Waals surface area contributed by atoms with Gasteiger partial charge in [0, 0.05) is 11.8 Å². The monoisotopic (exact) mass is 163 g/mol. The summed E-state index contributed by atoms with van der Waals surface area (Å²) in [6, 6.07) is 3.71. The molecule has 0 aliphatic rings. The van der Waals surface area contributed by atoms with Crippen molar-refractivity contribution in [3.63, 3.8) is 0 Å². The molecule has 1 rings (SSSR count). The Morgan fingerprint density at radius 2 is 2.00 bits per heavy atom. The molecule has 0 spiro atoms. The number of halogens is 2. The van der Waals surface area contributed by atoms with Crippen LogP contribution in [0.15, 0.2) is 18.2 Å². The number of nitrogen functional groups attached to an aromatic ring is 1. The first-order valence-electron chi connectivity index (χ1n) is 2.44. The van der Waals surface area contributed by atoms with Crippen molar-refractivity contribution in [2.24, 2.45) is 0 Å². The number of hydrogen-bond acceptors (Lipinski definition) is 2. The second kappa shape index (κ2) is 3.27. The molecule has 3 N–H and O–H groups in total. The minimum Gasteiger partial charge on any atom is -0.505 e. The van der Waals surface area contributed by atoms with Crippen molar-refractivity contribution in [2.75, 3.05) is 5.73 Å². The number of anilines is 1. The van der Waals surface area contributed by atoms with Crippen LogP contribution in [-0.4, -0.2) is 5.11 Å². The van der Waals surface area contributed by atoms with Crippen LogP contribution in [-0.2, 0) is 0 Å². The zero-order valence-electron chi connectivity index (χ0n) is 5.04. The smallest absolute Gasteiger partial charge is 0.166 e. The summed E-state index contributed by atoms with van der Waals surface area (Å²) in [6.07, 6.45) is 0. The fourth-order valence-corrected chi connectivity index (χ4v) is 0.523. The van der Waals surface area contributed by atoms with E-state index in [0.717, 1.165) is 6.07 Å². The summed E-state index contributed by atoms with van der Waals surface area (Å²) in [4.78, 5) is 0. The number of nitrogens with two attached hydrogens (primary N) is 1. The molecule has 56 valence electrons. The van der Waals surface area contributed by atoms with E-state index in [-0.39, 0.29) is 18.2 Å². The van der Waals surface area contributed by atoms with Crippen LogP contribution in [0.5, 0.6) is 5.75 Å². The summed E-state index contributed by atoms with van der Waals surface area (Å²) in [5.74, 6) is -1.06. The molecule has 10 heavy (non-hydrogen) atoms. The second-order valence-electron chi connectivity index (χ2n) is 1.71. The van der Waals surface area contributed by atoms with Crippen molar-refractivity contribution in [3.8, 4) is 5.75 Å². The molecule has 0 saturated heterocycles. The Morgan fingerprint density at radius 3 is 2.40 bits per heavy atom. The third-order valence-corrected chi connectivity index (χ3v) is 0.972. The van der Waals surface area contributed by atoms with Gasteiger partial charge < -0.3 is 10.8 Å². The molecule has 0 amide bonds. The summed E-state index contributed by atoms with van der Waals surface area (Å²) in [5, 5.41) is 8.61. The molecule has 0 atom stereocenters. The number of phenols is 1. The van der Waals surface area contributed by atoms with E-state index in [0.29, 0.717) is 5.69 Å². The van der Waals surface area contributed by atoms with E-state index in [1.807, 2.05) is 0 Å². The van der Waals surface area contributed by atoms with Gasteiger partial charge in [-0.1, -0.05) is 0 Å². The highest BCUT2D eigenvalue weighted by Crippen LogP contribution is 2.16. The van der Waals surface area contributed by atoms with E-state index >= 15 is 0 Å². The van der Waals surface area contributed by atoms with Crippen LogP contribution in [0.2, 0.25) is 0 Å². The van der Waals surface area contributed by atoms with Gasteiger partial charge in [-0.25, -0.2) is 4.39 Å². The Balaban J connectivity index is 0.000000810. The first kappa shape index (κ1) is 9.04. The summed E-state index contributed by atoms with van der Waals surface area (Å²) < 4.78 is 12.2. The molecule has 0 aromatic heterocycles. The number of rotatable bonds is 0. The van der Waals surface area contributed by atoms with E-state index in [9.17, 15) is 4.39 Å². The molecule has 2 nitrogen and oxygen atoms in total. The molecule has 1 aromatic rings. The van der Waals surface area contributed by atoms with Crippen molar-refractivity contribution in [2.45, 2.75) is 0 Å². The van der Waals surface area contributed by atoms with Gasteiger partial charge in [-0.05, 0) is 12.1 Å². The largest absolute Gasteiger partial charge is 0.505 e. The lowest BCUT2D eigenvalue weighted by atomic mass is 10.3. The molecule has 0 saturated carbocycles.